The quantitative estimate of drug-likeness (QED) is 0.229. The Morgan fingerprint density at radius 2 is 1.88 bits per heavy atom. The number of fused-ring (bicyclic) bond motifs is 1. The standard InChI is InChI=1S/C27H30N6O8/c1-4-32(27(39)41-14-40-22(36)10-9-21(34)35)26(38)19-12-33-23(16(19)3)24(28-13-29-33)31-20-11-17(6-5-15(20)2)25(37)30-18-7-8-18/h5-6,11-13,18H,4,7-10,14H2,1-3H3,(H,30,37)(H,34,35)(H,28,29,31). The van der Waals surface area contributed by atoms with E-state index < -0.39 is 37.2 Å². The number of hydrogen-bond acceptors (Lipinski definition) is 10. The number of hydrogen-bond donors (Lipinski definition) is 3. The lowest BCUT2D eigenvalue weighted by atomic mass is 10.1. The normalized spacial score (nSPS) is 12.5. The monoisotopic (exact) mass is 566 g/mol. The van der Waals surface area contributed by atoms with Crippen molar-refractivity contribution in [1.29, 1.82) is 0 Å². The Bertz CT molecular complexity index is 1510. The van der Waals surface area contributed by atoms with Crippen LogP contribution in [0.4, 0.5) is 16.3 Å². The Morgan fingerprint density at radius 3 is 2.56 bits per heavy atom. The maximum atomic E-state index is 13.3. The molecule has 14 heteroatoms. The average Bonchev–Trinajstić information content (AvgIpc) is 3.69. The zero-order valence-electron chi connectivity index (χ0n) is 22.8. The lowest BCUT2D eigenvalue weighted by molar-refractivity contribution is -0.154. The molecular formula is C27H30N6O8. The summed E-state index contributed by atoms with van der Waals surface area (Å²) in [6.07, 6.45) is 2.89. The minimum Gasteiger partial charge on any atom is -0.481 e. The van der Waals surface area contributed by atoms with Crippen LogP contribution in [0.15, 0.2) is 30.7 Å². The summed E-state index contributed by atoms with van der Waals surface area (Å²) in [6, 6.07) is 5.54. The van der Waals surface area contributed by atoms with Gasteiger partial charge in [0.2, 0.25) is 6.79 Å². The molecule has 0 unspecified atom stereocenters. The topological polar surface area (TPSA) is 182 Å². The highest BCUT2D eigenvalue weighted by Crippen LogP contribution is 2.28. The van der Waals surface area contributed by atoms with Crippen molar-refractivity contribution in [2.75, 3.05) is 18.7 Å². The number of esters is 1. The van der Waals surface area contributed by atoms with Gasteiger partial charge in [-0.05, 0) is 56.9 Å². The minimum absolute atomic E-state index is 0.0397. The van der Waals surface area contributed by atoms with Gasteiger partial charge in [-0.25, -0.2) is 19.2 Å². The molecule has 2 aromatic heterocycles. The first-order chi connectivity index (χ1) is 19.6. The number of ether oxygens (including phenoxy) is 2. The molecule has 0 radical (unpaired) electrons. The van der Waals surface area contributed by atoms with E-state index in [0.29, 0.717) is 28.1 Å². The van der Waals surface area contributed by atoms with E-state index in [-0.39, 0.29) is 30.5 Å². The molecule has 41 heavy (non-hydrogen) atoms. The SMILES string of the molecule is CCN(C(=O)OCOC(=O)CCC(=O)O)C(=O)c1cn2ncnc(Nc3cc(C(=O)NC4CC4)ccc3C)c2c1C. The van der Waals surface area contributed by atoms with E-state index in [1.54, 1.807) is 26.0 Å². The summed E-state index contributed by atoms with van der Waals surface area (Å²) >= 11 is 0. The Balaban J connectivity index is 1.51. The average molecular weight is 567 g/mol. The molecule has 4 rings (SSSR count). The van der Waals surface area contributed by atoms with Crippen LogP contribution in [0.2, 0.25) is 0 Å². The van der Waals surface area contributed by atoms with Crippen molar-refractivity contribution in [1.82, 2.24) is 24.8 Å². The van der Waals surface area contributed by atoms with Crippen LogP contribution in [0.25, 0.3) is 5.52 Å². The molecule has 0 atom stereocenters. The van der Waals surface area contributed by atoms with Crippen molar-refractivity contribution in [2.24, 2.45) is 0 Å². The first-order valence-electron chi connectivity index (χ1n) is 13.0. The van der Waals surface area contributed by atoms with Crippen LogP contribution in [0, 0.1) is 13.8 Å². The molecule has 3 N–H and O–H groups in total. The molecule has 0 spiro atoms. The number of rotatable bonds is 11. The largest absolute Gasteiger partial charge is 0.481 e. The van der Waals surface area contributed by atoms with Crippen molar-refractivity contribution in [3.05, 3.63) is 53.0 Å². The summed E-state index contributed by atoms with van der Waals surface area (Å²) in [5.74, 6) is -2.46. The molecule has 3 amide bonds. The van der Waals surface area contributed by atoms with Crippen molar-refractivity contribution in [2.45, 2.75) is 52.5 Å². The van der Waals surface area contributed by atoms with E-state index in [1.165, 1.54) is 17.0 Å². The van der Waals surface area contributed by atoms with Gasteiger partial charge in [0, 0.05) is 30.0 Å². The number of aromatic nitrogens is 3. The molecule has 216 valence electrons. The Hall–Kier alpha value is -5.01. The minimum atomic E-state index is -1.17. The first-order valence-corrected chi connectivity index (χ1v) is 13.0. The number of imide groups is 1. The fourth-order valence-electron chi connectivity index (χ4n) is 4.00. The van der Waals surface area contributed by atoms with Gasteiger partial charge in [0.1, 0.15) is 11.8 Å². The van der Waals surface area contributed by atoms with Crippen LogP contribution in [-0.2, 0) is 19.1 Å². The zero-order chi connectivity index (χ0) is 29.7. The molecule has 0 bridgehead atoms. The van der Waals surface area contributed by atoms with Gasteiger partial charge in [-0.15, -0.1) is 0 Å². The zero-order valence-corrected chi connectivity index (χ0v) is 22.8. The highest BCUT2D eigenvalue weighted by atomic mass is 16.7. The number of aliphatic carboxylic acids is 1. The fourth-order valence-corrected chi connectivity index (χ4v) is 4.00. The molecule has 1 aliphatic carbocycles. The maximum Gasteiger partial charge on any atom is 0.419 e. The van der Waals surface area contributed by atoms with E-state index in [0.717, 1.165) is 23.3 Å². The molecular weight excluding hydrogens is 536 g/mol. The Morgan fingerprint density at radius 1 is 1.12 bits per heavy atom. The van der Waals surface area contributed by atoms with Gasteiger partial charge in [0.15, 0.2) is 5.82 Å². The maximum absolute atomic E-state index is 13.3. The van der Waals surface area contributed by atoms with Crippen LogP contribution in [-0.4, -0.2) is 73.8 Å². The molecule has 1 fully saturated rings. The molecule has 1 aromatic carbocycles. The number of amides is 3. The number of nitrogens with one attached hydrogen (secondary N) is 2. The lowest BCUT2D eigenvalue weighted by Crippen LogP contribution is -2.37. The number of benzene rings is 1. The second kappa shape index (κ2) is 12.4. The third-order valence-corrected chi connectivity index (χ3v) is 6.45. The van der Waals surface area contributed by atoms with Crippen molar-refractivity contribution in [3.63, 3.8) is 0 Å². The van der Waals surface area contributed by atoms with Crippen molar-refractivity contribution < 1.29 is 38.6 Å². The fraction of sp³-hybridized carbons (Fsp3) is 0.370. The lowest BCUT2D eigenvalue weighted by Gasteiger charge is -2.18. The molecule has 1 saturated carbocycles. The van der Waals surface area contributed by atoms with Gasteiger partial charge in [-0.3, -0.25) is 19.2 Å². The van der Waals surface area contributed by atoms with Crippen molar-refractivity contribution in [3.8, 4) is 0 Å². The van der Waals surface area contributed by atoms with Gasteiger partial charge in [0.25, 0.3) is 11.8 Å². The molecule has 14 nitrogen and oxygen atoms in total. The number of carbonyl (C=O) groups excluding carboxylic acids is 4. The second-order valence-electron chi connectivity index (χ2n) is 9.46. The number of carboxylic acid groups (broad SMARTS) is 1. The highest BCUT2D eigenvalue weighted by molar-refractivity contribution is 6.05. The van der Waals surface area contributed by atoms with Gasteiger partial charge >= 0.3 is 18.0 Å². The van der Waals surface area contributed by atoms with Gasteiger partial charge < -0.3 is 25.2 Å². The van der Waals surface area contributed by atoms with Crippen LogP contribution in [0.1, 0.15) is 64.4 Å². The number of anilines is 2. The second-order valence-corrected chi connectivity index (χ2v) is 9.46. The first kappa shape index (κ1) is 29.0. The van der Waals surface area contributed by atoms with Crippen LogP contribution >= 0.6 is 0 Å². The predicted molar refractivity (Wildman–Crippen MR) is 144 cm³/mol. The molecule has 0 saturated heterocycles. The van der Waals surface area contributed by atoms with E-state index in [1.807, 2.05) is 13.0 Å². The smallest absolute Gasteiger partial charge is 0.419 e. The van der Waals surface area contributed by atoms with Gasteiger partial charge in [0.05, 0.1) is 18.4 Å². The highest BCUT2D eigenvalue weighted by Gasteiger charge is 2.28. The molecule has 1 aliphatic rings. The number of carboxylic acids is 1. The van der Waals surface area contributed by atoms with Crippen LogP contribution < -0.4 is 10.6 Å². The number of nitrogens with zero attached hydrogens (tertiary/aromatic N) is 4. The third-order valence-electron chi connectivity index (χ3n) is 6.45. The summed E-state index contributed by atoms with van der Waals surface area (Å²) in [4.78, 5) is 65.8. The van der Waals surface area contributed by atoms with Gasteiger partial charge in [-0.2, -0.15) is 5.10 Å². The molecule has 0 aliphatic heterocycles. The van der Waals surface area contributed by atoms with E-state index in [4.69, 9.17) is 14.6 Å². The predicted octanol–water partition coefficient (Wildman–Crippen LogP) is 2.95. The summed E-state index contributed by atoms with van der Waals surface area (Å²) in [5, 5.41) is 19.0. The summed E-state index contributed by atoms with van der Waals surface area (Å²) < 4.78 is 11.1. The number of aryl methyl sites for hydroxylation is 2. The Kier molecular flexibility index (Phi) is 8.80. The van der Waals surface area contributed by atoms with E-state index in [9.17, 15) is 24.0 Å². The third kappa shape index (κ3) is 6.96. The van der Waals surface area contributed by atoms with E-state index >= 15 is 0 Å². The van der Waals surface area contributed by atoms with Crippen molar-refractivity contribution >= 4 is 46.9 Å². The van der Waals surface area contributed by atoms with Crippen LogP contribution in [0.5, 0.6) is 0 Å². The number of carbonyl (C=O) groups is 5. The van der Waals surface area contributed by atoms with Crippen LogP contribution in [0.3, 0.4) is 0 Å². The molecule has 2 heterocycles. The summed E-state index contributed by atoms with van der Waals surface area (Å²) in [6.45, 7) is 4.34. The van der Waals surface area contributed by atoms with E-state index in [2.05, 4.69) is 20.7 Å². The Labute approximate surface area is 234 Å². The van der Waals surface area contributed by atoms with Gasteiger partial charge in [-0.1, -0.05) is 6.07 Å². The summed E-state index contributed by atoms with van der Waals surface area (Å²) in [5.41, 5.74) is 3.17. The molecule has 3 aromatic rings. The summed E-state index contributed by atoms with van der Waals surface area (Å²) in [7, 11) is 0.